The highest BCUT2D eigenvalue weighted by Crippen LogP contribution is 2.31. The summed E-state index contributed by atoms with van der Waals surface area (Å²) in [5, 5.41) is 0. The molecule has 1 heterocycles. The zero-order valence-electron chi connectivity index (χ0n) is 12.4. The number of hydrogen-bond acceptors (Lipinski definition) is 3. The van der Waals surface area contributed by atoms with E-state index in [0.29, 0.717) is 22.7 Å². The summed E-state index contributed by atoms with van der Waals surface area (Å²) in [4.78, 5) is 39.5. The van der Waals surface area contributed by atoms with Gasteiger partial charge in [0, 0.05) is 24.7 Å². The molecule has 0 bridgehead atoms. The second-order valence-corrected chi connectivity index (χ2v) is 5.97. The van der Waals surface area contributed by atoms with Gasteiger partial charge in [0.25, 0.3) is 17.7 Å². The number of amides is 3. The van der Waals surface area contributed by atoms with Crippen molar-refractivity contribution in [1.82, 2.24) is 9.80 Å². The molecule has 0 spiro atoms. The zero-order chi connectivity index (χ0) is 15.3. The summed E-state index contributed by atoms with van der Waals surface area (Å²) in [7, 11) is 1.46. The molecule has 1 aliphatic heterocycles. The fourth-order valence-electron chi connectivity index (χ4n) is 2.82. The normalized spacial score (nSPS) is 17.4. The molecule has 21 heavy (non-hydrogen) atoms. The lowest BCUT2D eigenvalue weighted by molar-refractivity contribution is 0.0683. The fourth-order valence-corrected chi connectivity index (χ4v) is 2.82. The van der Waals surface area contributed by atoms with Gasteiger partial charge in [0.15, 0.2) is 0 Å². The minimum absolute atomic E-state index is 0.0647. The molecule has 0 aromatic heterocycles. The van der Waals surface area contributed by atoms with E-state index >= 15 is 0 Å². The van der Waals surface area contributed by atoms with Crippen LogP contribution in [0, 0.1) is 0 Å². The van der Waals surface area contributed by atoms with Gasteiger partial charge < -0.3 is 4.90 Å². The van der Waals surface area contributed by atoms with Gasteiger partial charge in [-0.2, -0.15) is 0 Å². The lowest BCUT2D eigenvalue weighted by atomic mass is 10.0. The van der Waals surface area contributed by atoms with Gasteiger partial charge in [-0.05, 0) is 44.9 Å². The topological polar surface area (TPSA) is 57.7 Å². The van der Waals surface area contributed by atoms with Gasteiger partial charge in [0.1, 0.15) is 0 Å². The molecule has 3 amide bonds. The minimum Gasteiger partial charge on any atom is -0.333 e. The first-order valence-corrected chi connectivity index (χ1v) is 7.21. The highest BCUT2D eigenvalue weighted by molar-refractivity contribution is 6.21. The fraction of sp³-hybridized carbons (Fsp3) is 0.438. The second-order valence-electron chi connectivity index (χ2n) is 5.97. The summed E-state index contributed by atoms with van der Waals surface area (Å²) in [5.41, 5.74) is 1.18. The van der Waals surface area contributed by atoms with Gasteiger partial charge in [-0.3, -0.25) is 19.3 Å². The van der Waals surface area contributed by atoms with E-state index in [0.717, 1.165) is 17.7 Å². The Bertz CT molecular complexity index is 645. The lowest BCUT2D eigenvalue weighted by Gasteiger charge is -2.26. The Labute approximate surface area is 123 Å². The van der Waals surface area contributed by atoms with Crippen molar-refractivity contribution in [3.05, 3.63) is 34.9 Å². The highest BCUT2D eigenvalue weighted by atomic mass is 16.2. The molecule has 0 saturated heterocycles. The Balaban J connectivity index is 1.96. The molecule has 5 heteroatoms. The number of hydrogen-bond donors (Lipinski definition) is 0. The van der Waals surface area contributed by atoms with Gasteiger partial charge in [-0.15, -0.1) is 0 Å². The summed E-state index contributed by atoms with van der Waals surface area (Å²) >= 11 is 0. The van der Waals surface area contributed by atoms with Crippen molar-refractivity contribution in [2.45, 2.75) is 38.8 Å². The molecule has 1 aromatic rings. The molecule has 110 valence electrons. The summed E-state index contributed by atoms with van der Waals surface area (Å²) in [6.45, 7) is 3.98. The van der Waals surface area contributed by atoms with E-state index in [2.05, 4.69) is 0 Å². The third-order valence-electron chi connectivity index (χ3n) is 4.07. The largest absolute Gasteiger partial charge is 0.333 e. The maximum absolute atomic E-state index is 12.7. The zero-order valence-corrected chi connectivity index (χ0v) is 12.4. The molecule has 0 radical (unpaired) electrons. The molecule has 2 aliphatic rings. The van der Waals surface area contributed by atoms with Crippen LogP contribution in [0.15, 0.2) is 18.2 Å². The van der Waals surface area contributed by atoms with Gasteiger partial charge in [0.2, 0.25) is 0 Å². The van der Waals surface area contributed by atoms with E-state index in [1.54, 1.807) is 18.2 Å². The van der Waals surface area contributed by atoms with Crippen LogP contribution in [0.25, 0.3) is 0 Å². The van der Waals surface area contributed by atoms with Crippen LogP contribution in [0.1, 0.15) is 57.8 Å². The molecule has 1 saturated carbocycles. The van der Waals surface area contributed by atoms with Crippen LogP contribution < -0.4 is 0 Å². The maximum atomic E-state index is 12.7. The Morgan fingerprint density at radius 1 is 1.19 bits per heavy atom. The van der Waals surface area contributed by atoms with Gasteiger partial charge in [-0.1, -0.05) is 0 Å². The van der Waals surface area contributed by atoms with Crippen molar-refractivity contribution in [3.63, 3.8) is 0 Å². The lowest BCUT2D eigenvalue weighted by Crippen LogP contribution is -2.38. The molecule has 1 fully saturated rings. The van der Waals surface area contributed by atoms with Crippen molar-refractivity contribution < 1.29 is 14.4 Å². The van der Waals surface area contributed by atoms with Crippen molar-refractivity contribution in [3.8, 4) is 0 Å². The molecule has 0 unspecified atom stereocenters. The summed E-state index contributed by atoms with van der Waals surface area (Å²) in [6, 6.07) is 5.21. The first-order valence-electron chi connectivity index (χ1n) is 7.21. The van der Waals surface area contributed by atoms with Gasteiger partial charge in [0.05, 0.1) is 11.1 Å². The standard InChI is InChI=1S/C16H18N2O3/c1-9(2)18(11-5-6-11)14(19)10-4-7-12-13(8-10)16(21)17(3)15(12)20/h4,7-9,11H,5-6H2,1-3H3. The van der Waals surface area contributed by atoms with E-state index in [9.17, 15) is 14.4 Å². The van der Waals surface area contributed by atoms with E-state index in [4.69, 9.17) is 0 Å². The smallest absolute Gasteiger partial charge is 0.261 e. The Morgan fingerprint density at radius 3 is 2.38 bits per heavy atom. The van der Waals surface area contributed by atoms with Crippen molar-refractivity contribution >= 4 is 17.7 Å². The SMILES string of the molecule is CC(C)N(C(=O)c1ccc2c(c1)C(=O)N(C)C2=O)C1CC1. The molecular formula is C16H18N2O3. The predicted octanol–water partition coefficient (Wildman–Crippen LogP) is 1.93. The summed E-state index contributed by atoms with van der Waals surface area (Å²) < 4.78 is 0. The van der Waals surface area contributed by atoms with E-state index in [1.807, 2.05) is 18.7 Å². The Morgan fingerprint density at radius 2 is 1.81 bits per heavy atom. The van der Waals surface area contributed by atoms with Crippen molar-refractivity contribution in [1.29, 1.82) is 0 Å². The maximum Gasteiger partial charge on any atom is 0.261 e. The van der Waals surface area contributed by atoms with Crippen molar-refractivity contribution in [2.24, 2.45) is 0 Å². The molecule has 0 N–H and O–H groups in total. The summed E-state index contributed by atoms with van der Waals surface area (Å²) in [6.07, 6.45) is 2.07. The second kappa shape index (κ2) is 4.69. The number of carbonyl (C=O) groups is 3. The first-order chi connectivity index (χ1) is 9.91. The minimum atomic E-state index is -0.341. The van der Waals surface area contributed by atoms with Crippen LogP contribution in [0.5, 0.6) is 0 Å². The third-order valence-corrected chi connectivity index (χ3v) is 4.07. The average Bonchev–Trinajstić information content (AvgIpc) is 3.25. The molecular weight excluding hydrogens is 268 g/mol. The van der Waals surface area contributed by atoms with Crippen LogP contribution in [0.2, 0.25) is 0 Å². The highest BCUT2D eigenvalue weighted by Gasteiger charge is 2.37. The molecule has 0 atom stereocenters. The van der Waals surface area contributed by atoms with E-state index in [-0.39, 0.29) is 23.8 Å². The van der Waals surface area contributed by atoms with Gasteiger partial charge >= 0.3 is 0 Å². The van der Waals surface area contributed by atoms with Crippen LogP contribution in [0.4, 0.5) is 0 Å². The van der Waals surface area contributed by atoms with Crippen LogP contribution in [-0.2, 0) is 0 Å². The van der Waals surface area contributed by atoms with Crippen molar-refractivity contribution in [2.75, 3.05) is 7.05 Å². The van der Waals surface area contributed by atoms with Gasteiger partial charge in [-0.25, -0.2) is 0 Å². The van der Waals surface area contributed by atoms with Crippen LogP contribution >= 0.6 is 0 Å². The monoisotopic (exact) mass is 286 g/mol. The molecule has 5 nitrogen and oxygen atoms in total. The molecule has 1 aromatic carbocycles. The number of carbonyl (C=O) groups excluding carboxylic acids is 3. The van der Waals surface area contributed by atoms with Crippen LogP contribution in [0.3, 0.4) is 0 Å². The quantitative estimate of drug-likeness (QED) is 0.798. The summed E-state index contributed by atoms with van der Waals surface area (Å²) in [5.74, 6) is -0.714. The number of imide groups is 1. The number of fused-ring (bicyclic) bond motifs is 1. The Kier molecular flexibility index (Phi) is 3.08. The number of nitrogens with zero attached hydrogens (tertiary/aromatic N) is 2. The van der Waals surface area contributed by atoms with Crippen LogP contribution in [-0.4, -0.2) is 46.7 Å². The number of benzene rings is 1. The first kappa shape index (κ1) is 13.8. The van der Waals surface area contributed by atoms with E-state index in [1.165, 1.54) is 7.05 Å². The third kappa shape index (κ3) is 2.13. The average molecular weight is 286 g/mol. The molecule has 3 rings (SSSR count). The molecule has 1 aliphatic carbocycles. The van der Waals surface area contributed by atoms with E-state index < -0.39 is 0 Å². The predicted molar refractivity (Wildman–Crippen MR) is 77.2 cm³/mol. The Hall–Kier alpha value is -2.17. The number of rotatable bonds is 3.